The van der Waals surface area contributed by atoms with E-state index in [0.29, 0.717) is 6.54 Å². The van der Waals surface area contributed by atoms with Crippen molar-refractivity contribution >= 4 is 43.0 Å². The maximum absolute atomic E-state index is 12.4. The van der Waals surface area contributed by atoms with E-state index in [9.17, 15) is 9.59 Å². The lowest BCUT2D eigenvalue weighted by molar-refractivity contribution is -0.127. The molecule has 1 unspecified atom stereocenters. The van der Waals surface area contributed by atoms with Crippen LogP contribution in [0.15, 0.2) is 35.3 Å². The van der Waals surface area contributed by atoms with Crippen molar-refractivity contribution in [3.05, 3.63) is 35.9 Å². The van der Waals surface area contributed by atoms with E-state index in [0.717, 1.165) is 51.1 Å². The van der Waals surface area contributed by atoms with Gasteiger partial charge < -0.3 is 15.1 Å². The number of nitrogens with zero attached hydrogens (tertiary/aromatic N) is 4. The molecule has 0 radical (unpaired) electrons. The van der Waals surface area contributed by atoms with Crippen molar-refractivity contribution in [2.75, 3.05) is 46.3 Å². The van der Waals surface area contributed by atoms with Gasteiger partial charge in [-0.1, -0.05) is 30.3 Å². The van der Waals surface area contributed by atoms with Gasteiger partial charge in [-0.15, -0.1) is 24.8 Å². The number of imide groups is 1. The van der Waals surface area contributed by atoms with Crippen LogP contribution in [-0.2, 0) is 4.79 Å². The smallest absolute Gasteiger partial charge is 0.308 e. The Morgan fingerprint density at radius 2 is 1.68 bits per heavy atom. The zero-order chi connectivity index (χ0) is 18.4. The Morgan fingerprint density at radius 1 is 1.04 bits per heavy atom. The van der Waals surface area contributed by atoms with E-state index in [2.05, 4.69) is 27.2 Å². The minimum Gasteiger partial charge on any atom is -0.308 e. The van der Waals surface area contributed by atoms with Crippen molar-refractivity contribution in [3.63, 3.8) is 0 Å². The largest absolute Gasteiger partial charge is 0.326 e. The molecule has 0 aromatic heterocycles. The number of hydrogen-bond acceptors (Lipinski definition) is 5. The standard InChI is InChI=1S/C19H27N5O2.2ClH/c1-22-11-13-23(14-12-22)9-5-6-10-24-18(25)17(21-19(24)26)20-15-16-7-3-2-4-8-16;;/h2-4,7-8,15,17H,5-6,9-14H2,1H3,(H,21,26);2*1H. The predicted octanol–water partition coefficient (Wildman–Crippen LogP) is 1.85. The normalized spacial score (nSPS) is 20.8. The Kier molecular flexibility index (Phi) is 10.5. The van der Waals surface area contributed by atoms with E-state index in [1.165, 1.54) is 4.90 Å². The number of halogens is 2. The van der Waals surface area contributed by atoms with E-state index in [4.69, 9.17) is 0 Å². The molecule has 2 aliphatic rings. The summed E-state index contributed by atoms with van der Waals surface area (Å²) in [5, 5.41) is 2.64. The SMILES string of the molecule is CN1CCN(CCCCN2C(=O)NC(N=Cc3ccccc3)C2=O)CC1.Cl.Cl. The fourth-order valence-corrected chi connectivity index (χ4v) is 3.19. The second kappa shape index (κ2) is 12.0. The predicted molar refractivity (Wildman–Crippen MR) is 116 cm³/mol. The van der Waals surface area contributed by atoms with Crippen LogP contribution in [0.2, 0.25) is 0 Å². The Morgan fingerprint density at radius 3 is 2.36 bits per heavy atom. The first-order valence-electron chi connectivity index (χ1n) is 9.24. The lowest BCUT2D eigenvalue weighted by Crippen LogP contribution is -2.44. The summed E-state index contributed by atoms with van der Waals surface area (Å²) in [5.41, 5.74) is 0.903. The second-order valence-corrected chi connectivity index (χ2v) is 6.88. The monoisotopic (exact) mass is 429 g/mol. The zero-order valence-corrected chi connectivity index (χ0v) is 17.8. The average Bonchev–Trinajstić information content (AvgIpc) is 2.93. The van der Waals surface area contributed by atoms with Crippen LogP contribution >= 0.6 is 24.8 Å². The van der Waals surface area contributed by atoms with E-state index < -0.39 is 6.17 Å². The summed E-state index contributed by atoms with van der Waals surface area (Å²) in [7, 11) is 2.14. The van der Waals surface area contributed by atoms with Crippen LogP contribution in [0.1, 0.15) is 18.4 Å². The molecule has 0 aliphatic carbocycles. The topological polar surface area (TPSA) is 68.2 Å². The van der Waals surface area contributed by atoms with E-state index >= 15 is 0 Å². The fourth-order valence-electron chi connectivity index (χ4n) is 3.19. The molecule has 2 heterocycles. The van der Waals surface area contributed by atoms with Gasteiger partial charge in [-0.2, -0.15) is 0 Å². The molecule has 3 rings (SSSR count). The van der Waals surface area contributed by atoms with Gasteiger partial charge in [0.1, 0.15) is 0 Å². The van der Waals surface area contributed by atoms with Gasteiger partial charge in [0.05, 0.1) is 0 Å². The number of piperazine rings is 1. The van der Waals surface area contributed by atoms with Crippen LogP contribution < -0.4 is 5.32 Å². The highest BCUT2D eigenvalue weighted by atomic mass is 35.5. The van der Waals surface area contributed by atoms with Gasteiger partial charge >= 0.3 is 6.03 Å². The molecule has 2 saturated heterocycles. The van der Waals surface area contributed by atoms with E-state index in [-0.39, 0.29) is 36.8 Å². The number of carbonyl (C=O) groups is 2. The third-order valence-corrected chi connectivity index (χ3v) is 4.88. The number of amides is 3. The highest BCUT2D eigenvalue weighted by molar-refractivity contribution is 6.04. The Bertz CT molecular complexity index is 651. The minimum absolute atomic E-state index is 0. The molecular formula is C19H29Cl2N5O2. The molecule has 7 nitrogen and oxygen atoms in total. The van der Waals surface area contributed by atoms with Crippen LogP contribution in [0.25, 0.3) is 0 Å². The Hall–Kier alpha value is -1.67. The van der Waals surface area contributed by atoms with Crippen LogP contribution in [0, 0.1) is 0 Å². The lowest BCUT2D eigenvalue weighted by atomic mass is 10.2. The summed E-state index contributed by atoms with van der Waals surface area (Å²) in [5.74, 6) is -0.262. The van der Waals surface area contributed by atoms with Crippen LogP contribution in [0.4, 0.5) is 4.79 Å². The summed E-state index contributed by atoms with van der Waals surface area (Å²) in [6.07, 6.45) is 2.62. The quantitative estimate of drug-likeness (QED) is 0.407. The molecule has 0 bridgehead atoms. The van der Waals surface area contributed by atoms with Crippen molar-refractivity contribution in [2.24, 2.45) is 4.99 Å². The van der Waals surface area contributed by atoms with Crippen molar-refractivity contribution < 1.29 is 9.59 Å². The molecule has 1 aromatic rings. The van der Waals surface area contributed by atoms with Gasteiger partial charge in [-0.05, 0) is 32.0 Å². The number of urea groups is 1. The second-order valence-electron chi connectivity index (χ2n) is 6.88. The van der Waals surface area contributed by atoms with Crippen molar-refractivity contribution in [1.29, 1.82) is 0 Å². The molecule has 3 amide bonds. The number of unbranched alkanes of at least 4 members (excludes halogenated alkanes) is 1. The molecule has 156 valence electrons. The van der Waals surface area contributed by atoms with Crippen LogP contribution in [0.3, 0.4) is 0 Å². The molecular weight excluding hydrogens is 401 g/mol. The number of aliphatic imine (C=N–C) groups is 1. The summed E-state index contributed by atoms with van der Waals surface area (Å²) < 4.78 is 0. The number of rotatable bonds is 7. The third-order valence-electron chi connectivity index (χ3n) is 4.88. The first-order valence-corrected chi connectivity index (χ1v) is 9.24. The lowest BCUT2D eigenvalue weighted by Gasteiger charge is -2.32. The molecule has 0 saturated carbocycles. The Balaban J connectivity index is 0.00000196. The van der Waals surface area contributed by atoms with Crippen molar-refractivity contribution in [1.82, 2.24) is 20.0 Å². The van der Waals surface area contributed by atoms with Gasteiger partial charge in [-0.3, -0.25) is 14.7 Å². The van der Waals surface area contributed by atoms with Gasteiger partial charge in [0.25, 0.3) is 5.91 Å². The third kappa shape index (κ3) is 6.74. The Labute approximate surface area is 179 Å². The molecule has 2 fully saturated rings. The van der Waals surface area contributed by atoms with Gasteiger partial charge in [-0.25, -0.2) is 4.79 Å². The minimum atomic E-state index is -0.805. The van der Waals surface area contributed by atoms with Gasteiger partial charge in [0, 0.05) is 38.9 Å². The van der Waals surface area contributed by atoms with Crippen molar-refractivity contribution in [2.45, 2.75) is 19.0 Å². The van der Waals surface area contributed by atoms with E-state index in [1.54, 1.807) is 6.21 Å². The highest BCUT2D eigenvalue weighted by Crippen LogP contribution is 2.10. The molecule has 9 heteroatoms. The molecule has 1 aromatic carbocycles. The summed E-state index contributed by atoms with van der Waals surface area (Å²) in [6.45, 7) is 5.87. The number of nitrogens with one attached hydrogen (secondary N) is 1. The van der Waals surface area contributed by atoms with Crippen LogP contribution in [0.5, 0.6) is 0 Å². The molecule has 1 N–H and O–H groups in total. The molecule has 1 atom stereocenters. The average molecular weight is 430 g/mol. The maximum Gasteiger partial charge on any atom is 0.326 e. The van der Waals surface area contributed by atoms with E-state index in [1.807, 2.05) is 30.3 Å². The summed E-state index contributed by atoms with van der Waals surface area (Å²) >= 11 is 0. The number of benzene rings is 1. The zero-order valence-electron chi connectivity index (χ0n) is 16.1. The molecule has 2 aliphatic heterocycles. The van der Waals surface area contributed by atoms with Crippen molar-refractivity contribution in [3.8, 4) is 0 Å². The number of likely N-dealkylation sites (N-methyl/N-ethyl adjacent to an activating group) is 1. The summed E-state index contributed by atoms with van der Waals surface area (Å²) in [6, 6.07) is 9.20. The highest BCUT2D eigenvalue weighted by Gasteiger charge is 2.37. The summed E-state index contributed by atoms with van der Waals surface area (Å²) in [4.78, 5) is 34.7. The maximum atomic E-state index is 12.4. The number of hydrogen-bond donors (Lipinski definition) is 1. The molecule has 0 spiro atoms. The first-order chi connectivity index (χ1) is 12.6. The van der Waals surface area contributed by atoms with Crippen LogP contribution in [-0.4, -0.2) is 85.3 Å². The fraction of sp³-hybridized carbons (Fsp3) is 0.526. The molecule has 28 heavy (non-hydrogen) atoms. The van der Waals surface area contributed by atoms with Gasteiger partial charge in [0.15, 0.2) is 0 Å². The van der Waals surface area contributed by atoms with Gasteiger partial charge in [0.2, 0.25) is 6.17 Å². The first kappa shape index (κ1) is 24.4. The number of carbonyl (C=O) groups excluding carboxylic acids is 2.